The summed E-state index contributed by atoms with van der Waals surface area (Å²) in [7, 11) is 0. The number of hydrogen-bond donors (Lipinski definition) is 2. The van der Waals surface area contributed by atoms with Crippen molar-refractivity contribution in [3.05, 3.63) is 28.8 Å². The Labute approximate surface area is 88.9 Å². The molecule has 0 aliphatic carbocycles. The second-order valence-corrected chi connectivity index (χ2v) is 4.16. The van der Waals surface area contributed by atoms with Gasteiger partial charge < -0.3 is 10.4 Å². The van der Waals surface area contributed by atoms with Crippen LogP contribution in [-0.4, -0.2) is 18.2 Å². The molecule has 2 N–H and O–H groups in total. The lowest BCUT2D eigenvalue weighted by Gasteiger charge is -2.23. The quantitative estimate of drug-likeness (QED) is 0.748. The predicted molar refractivity (Wildman–Crippen MR) is 58.0 cm³/mol. The molecule has 0 spiro atoms. The van der Waals surface area contributed by atoms with Gasteiger partial charge in [0.2, 0.25) is 0 Å². The SMILES string of the molecule is Oc1ccc([C@@H]2CCCNC2)cc1Cl. The standard InChI is InChI=1S/C11H14ClNO/c12-10-6-8(3-4-11(10)14)9-2-1-5-13-7-9/h3-4,6,9,13-14H,1-2,5,7H2/t9-/m1/s1. The third kappa shape index (κ3) is 2.02. The van der Waals surface area contributed by atoms with E-state index in [0.717, 1.165) is 13.1 Å². The highest BCUT2D eigenvalue weighted by atomic mass is 35.5. The lowest BCUT2D eigenvalue weighted by molar-refractivity contribution is 0.458. The van der Waals surface area contributed by atoms with Gasteiger partial charge in [-0.15, -0.1) is 0 Å². The minimum Gasteiger partial charge on any atom is -0.506 e. The summed E-state index contributed by atoms with van der Waals surface area (Å²) in [5.41, 5.74) is 1.22. The Morgan fingerprint density at radius 2 is 2.29 bits per heavy atom. The number of rotatable bonds is 1. The van der Waals surface area contributed by atoms with Crippen LogP contribution < -0.4 is 5.32 Å². The van der Waals surface area contributed by atoms with Crippen LogP contribution in [0.5, 0.6) is 5.75 Å². The van der Waals surface area contributed by atoms with Crippen molar-refractivity contribution >= 4 is 11.6 Å². The van der Waals surface area contributed by atoms with Crippen LogP contribution in [0.15, 0.2) is 18.2 Å². The summed E-state index contributed by atoms with van der Waals surface area (Å²) in [5.74, 6) is 0.709. The smallest absolute Gasteiger partial charge is 0.134 e. The van der Waals surface area contributed by atoms with Gasteiger partial charge >= 0.3 is 0 Å². The number of hydrogen-bond acceptors (Lipinski definition) is 2. The van der Waals surface area contributed by atoms with E-state index in [1.807, 2.05) is 12.1 Å². The Morgan fingerprint density at radius 1 is 1.43 bits per heavy atom. The van der Waals surface area contributed by atoms with Crippen LogP contribution in [-0.2, 0) is 0 Å². The van der Waals surface area contributed by atoms with Crippen molar-refractivity contribution in [2.75, 3.05) is 13.1 Å². The van der Waals surface area contributed by atoms with Gasteiger partial charge in [0, 0.05) is 6.54 Å². The van der Waals surface area contributed by atoms with E-state index in [4.69, 9.17) is 11.6 Å². The van der Waals surface area contributed by atoms with Crippen molar-refractivity contribution in [2.45, 2.75) is 18.8 Å². The summed E-state index contributed by atoms with van der Waals surface area (Å²) in [6, 6.07) is 5.50. The molecular weight excluding hydrogens is 198 g/mol. The first-order chi connectivity index (χ1) is 6.77. The van der Waals surface area contributed by atoms with Crippen LogP contribution >= 0.6 is 11.6 Å². The van der Waals surface area contributed by atoms with Crippen molar-refractivity contribution in [1.82, 2.24) is 5.32 Å². The van der Waals surface area contributed by atoms with Crippen molar-refractivity contribution in [2.24, 2.45) is 0 Å². The predicted octanol–water partition coefficient (Wildman–Crippen LogP) is 2.51. The molecule has 0 bridgehead atoms. The molecule has 1 heterocycles. The minimum absolute atomic E-state index is 0.166. The van der Waals surface area contributed by atoms with Crippen molar-refractivity contribution < 1.29 is 5.11 Å². The van der Waals surface area contributed by atoms with Gasteiger partial charge in [-0.05, 0) is 43.0 Å². The topological polar surface area (TPSA) is 32.3 Å². The Kier molecular flexibility index (Phi) is 2.94. The van der Waals surface area contributed by atoms with E-state index in [-0.39, 0.29) is 5.75 Å². The van der Waals surface area contributed by atoms with Gasteiger partial charge in [0.15, 0.2) is 0 Å². The van der Waals surface area contributed by atoms with Crippen LogP contribution in [0.3, 0.4) is 0 Å². The summed E-state index contributed by atoms with van der Waals surface area (Å²) in [4.78, 5) is 0. The van der Waals surface area contributed by atoms with Gasteiger partial charge in [0.1, 0.15) is 5.75 Å². The highest BCUT2D eigenvalue weighted by Gasteiger charge is 2.15. The fraction of sp³-hybridized carbons (Fsp3) is 0.455. The normalized spacial score (nSPS) is 22.2. The number of benzene rings is 1. The van der Waals surface area contributed by atoms with Gasteiger partial charge in [-0.3, -0.25) is 0 Å². The molecule has 0 unspecified atom stereocenters. The van der Waals surface area contributed by atoms with Crippen LogP contribution in [0.4, 0.5) is 0 Å². The average Bonchev–Trinajstić information content (AvgIpc) is 2.23. The van der Waals surface area contributed by atoms with Gasteiger partial charge in [-0.25, -0.2) is 0 Å². The zero-order chi connectivity index (χ0) is 9.97. The fourth-order valence-electron chi connectivity index (χ4n) is 1.91. The van der Waals surface area contributed by atoms with Crippen LogP contribution in [0.25, 0.3) is 0 Å². The Morgan fingerprint density at radius 3 is 2.93 bits per heavy atom. The molecule has 1 aliphatic rings. The van der Waals surface area contributed by atoms with E-state index >= 15 is 0 Å². The minimum atomic E-state index is 0.166. The maximum absolute atomic E-state index is 9.29. The molecule has 1 atom stereocenters. The maximum atomic E-state index is 9.29. The van der Waals surface area contributed by atoms with E-state index in [0.29, 0.717) is 10.9 Å². The molecule has 2 rings (SSSR count). The number of phenols is 1. The number of halogens is 1. The zero-order valence-corrected chi connectivity index (χ0v) is 8.72. The highest BCUT2D eigenvalue weighted by Crippen LogP contribution is 2.30. The summed E-state index contributed by atoms with van der Waals surface area (Å²) < 4.78 is 0. The maximum Gasteiger partial charge on any atom is 0.134 e. The summed E-state index contributed by atoms with van der Waals surface area (Å²) in [6.07, 6.45) is 2.41. The van der Waals surface area contributed by atoms with Gasteiger partial charge in [-0.1, -0.05) is 17.7 Å². The van der Waals surface area contributed by atoms with Crippen LogP contribution in [0.2, 0.25) is 5.02 Å². The van der Waals surface area contributed by atoms with Crippen LogP contribution in [0.1, 0.15) is 24.3 Å². The van der Waals surface area contributed by atoms with Crippen molar-refractivity contribution in [1.29, 1.82) is 0 Å². The van der Waals surface area contributed by atoms with Crippen molar-refractivity contribution in [3.8, 4) is 5.75 Å². The van der Waals surface area contributed by atoms with Gasteiger partial charge in [-0.2, -0.15) is 0 Å². The lowest BCUT2D eigenvalue weighted by atomic mass is 9.92. The Balaban J connectivity index is 2.18. The molecule has 0 saturated carbocycles. The zero-order valence-electron chi connectivity index (χ0n) is 7.96. The Hall–Kier alpha value is -0.730. The highest BCUT2D eigenvalue weighted by molar-refractivity contribution is 6.32. The van der Waals surface area contributed by atoms with E-state index < -0.39 is 0 Å². The molecule has 1 aliphatic heterocycles. The summed E-state index contributed by atoms with van der Waals surface area (Å²) >= 11 is 5.86. The van der Waals surface area contributed by atoms with Gasteiger partial charge in [0.05, 0.1) is 5.02 Å². The monoisotopic (exact) mass is 211 g/mol. The molecule has 76 valence electrons. The van der Waals surface area contributed by atoms with Gasteiger partial charge in [0.25, 0.3) is 0 Å². The second kappa shape index (κ2) is 4.20. The van der Waals surface area contributed by atoms with E-state index in [9.17, 15) is 5.11 Å². The molecule has 1 fully saturated rings. The summed E-state index contributed by atoms with van der Waals surface area (Å²) in [5, 5.41) is 13.1. The summed E-state index contributed by atoms with van der Waals surface area (Å²) in [6.45, 7) is 2.13. The first kappa shape index (κ1) is 9.81. The van der Waals surface area contributed by atoms with Crippen LogP contribution in [0, 0.1) is 0 Å². The van der Waals surface area contributed by atoms with E-state index in [1.165, 1.54) is 18.4 Å². The number of aromatic hydroxyl groups is 1. The van der Waals surface area contributed by atoms with Crippen molar-refractivity contribution in [3.63, 3.8) is 0 Å². The molecule has 0 aromatic heterocycles. The third-order valence-electron chi connectivity index (χ3n) is 2.74. The molecule has 0 radical (unpaired) electrons. The first-order valence-electron chi connectivity index (χ1n) is 4.96. The average molecular weight is 212 g/mol. The molecule has 2 nitrogen and oxygen atoms in total. The lowest BCUT2D eigenvalue weighted by Crippen LogP contribution is -2.28. The largest absolute Gasteiger partial charge is 0.506 e. The molecule has 3 heteroatoms. The van der Waals surface area contributed by atoms with E-state index in [1.54, 1.807) is 6.07 Å². The first-order valence-corrected chi connectivity index (χ1v) is 5.34. The molecule has 0 amide bonds. The number of nitrogens with one attached hydrogen (secondary N) is 1. The molecule has 14 heavy (non-hydrogen) atoms. The number of piperidine rings is 1. The molecular formula is C11H14ClNO. The second-order valence-electron chi connectivity index (χ2n) is 3.75. The number of phenolic OH excluding ortho intramolecular Hbond substituents is 1. The molecule has 1 aromatic carbocycles. The molecule has 1 saturated heterocycles. The Bertz CT molecular complexity index is 321. The van der Waals surface area contributed by atoms with E-state index in [2.05, 4.69) is 5.32 Å². The molecule has 1 aromatic rings. The third-order valence-corrected chi connectivity index (χ3v) is 3.04. The fourth-order valence-corrected chi connectivity index (χ4v) is 2.10.